The van der Waals surface area contributed by atoms with Crippen LogP contribution in [0.5, 0.6) is 0 Å². The Labute approximate surface area is 150 Å². The summed E-state index contributed by atoms with van der Waals surface area (Å²) in [5.41, 5.74) is 1.88. The van der Waals surface area contributed by atoms with E-state index >= 15 is 0 Å². The zero-order valence-electron chi connectivity index (χ0n) is 14.6. The Morgan fingerprint density at radius 2 is 2.04 bits per heavy atom. The highest BCUT2D eigenvalue weighted by atomic mass is 32.2. The minimum atomic E-state index is -0.901. The van der Waals surface area contributed by atoms with E-state index < -0.39 is 10.8 Å². The molecule has 1 N–H and O–H groups in total. The Bertz CT molecular complexity index is 741. The predicted molar refractivity (Wildman–Crippen MR) is 100 cm³/mol. The molecule has 1 aliphatic heterocycles. The standard InChI is InChI=1S/C18H24N4O2S/c1-18(2)8-11-21(12-13-25(18)24)17(23)20-16-6-4-15(5-7-16)14-22-10-3-9-19-22/h3-7,9-10H,8,11-14H2,1-2H3,(H,20,23). The van der Waals surface area contributed by atoms with Crippen LogP contribution in [0, 0.1) is 0 Å². The Hall–Kier alpha value is -2.15. The van der Waals surface area contributed by atoms with Crippen LogP contribution in [0.25, 0.3) is 0 Å². The lowest BCUT2D eigenvalue weighted by Gasteiger charge is -2.22. The van der Waals surface area contributed by atoms with Crippen LogP contribution in [0.2, 0.25) is 0 Å². The van der Waals surface area contributed by atoms with E-state index in [9.17, 15) is 9.00 Å². The first kappa shape index (κ1) is 17.7. The first-order chi connectivity index (χ1) is 11.9. The van der Waals surface area contributed by atoms with Crippen molar-refractivity contribution < 1.29 is 9.00 Å². The third-order valence-electron chi connectivity index (χ3n) is 4.54. The van der Waals surface area contributed by atoms with Gasteiger partial charge < -0.3 is 10.2 Å². The number of amides is 2. The van der Waals surface area contributed by atoms with Crippen molar-refractivity contribution in [3.8, 4) is 0 Å². The van der Waals surface area contributed by atoms with E-state index in [1.807, 2.05) is 55.1 Å². The molecule has 6 nitrogen and oxygen atoms in total. The fourth-order valence-corrected chi connectivity index (χ4v) is 4.04. The van der Waals surface area contributed by atoms with E-state index in [1.54, 1.807) is 11.1 Å². The Morgan fingerprint density at radius 3 is 2.72 bits per heavy atom. The molecule has 2 heterocycles. The fraction of sp³-hybridized carbons (Fsp3) is 0.444. The molecule has 1 unspecified atom stereocenters. The number of benzene rings is 1. The number of rotatable bonds is 3. The van der Waals surface area contributed by atoms with Crippen molar-refractivity contribution in [2.24, 2.45) is 0 Å². The van der Waals surface area contributed by atoms with Gasteiger partial charge in [0.2, 0.25) is 0 Å². The van der Waals surface area contributed by atoms with Crippen molar-refractivity contribution in [3.63, 3.8) is 0 Å². The summed E-state index contributed by atoms with van der Waals surface area (Å²) in [4.78, 5) is 14.2. The number of urea groups is 1. The molecular formula is C18H24N4O2S. The molecule has 0 radical (unpaired) electrons. The second kappa shape index (κ2) is 7.39. The van der Waals surface area contributed by atoms with E-state index in [0.29, 0.717) is 25.4 Å². The zero-order chi connectivity index (χ0) is 17.9. The molecule has 1 saturated heterocycles. The molecule has 1 aromatic heterocycles. The number of anilines is 1. The summed E-state index contributed by atoms with van der Waals surface area (Å²) in [6, 6.07) is 9.53. The van der Waals surface area contributed by atoms with E-state index in [1.165, 1.54) is 0 Å². The van der Waals surface area contributed by atoms with Gasteiger partial charge in [0.1, 0.15) is 0 Å². The molecule has 0 aliphatic carbocycles. The normalized spacial score (nSPS) is 20.1. The van der Waals surface area contributed by atoms with Gasteiger partial charge in [-0.15, -0.1) is 0 Å². The number of carbonyl (C=O) groups is 1. The smallest absolute Gasteiger partial charge is 0.321 e. The molecule has 0 saturated carbocycles. The minimum Gasteiger partial charge on any atom is -0.324 e. The highest BCUT2D eigenvalue weighted by Crippen LogP contribution is 2.22. The lowest BCUT2D eigenvalue weighted by molar-refractivity contribution is 0.214. The molecular weight excluding hydrogens is 336 g/mol. The molecule has 2 aromatic rings. The largest absolute Gasteiger partial charge is 0.324 e. The first-order valence-corrected chi connectivity index (χ1v) is 9.77. The average molecular weight is 360 g/mol. The molecule has 0 spiro atoms. The van der Waals surface area contributed by atoms with Crippen molar-refractivity contribution >= 4 is 22.5 Å². The summed E-state index contributed by atoms with van der Waals surface area (Å²) in [6.07, 6.45) is 4.42. The quantitative estimate of drug-likeness (QED) is 0.915. The lowest BCUT2D eigenvalue weighted by Crippen LogP contribution is -2.37. The van der Waals surface area contributed by atoms with Crippen molar-refractivity contribution in [2.75, 3.05) is 24.2 Å². The molecule has 1 fully saturated rings. The lowest BCUT2D eigenvalue weighted by atomic mass is 10.1. The number of aromatic nitrogens is 2. The van der Waals surface area contributed by atoms with Crippen LogP contribution in [0.4, 0.5) is 10.5 Å². The number of hydrogen-bond acceptors (Lipinski definition) is 3. The summed E-state index contributed by atoms with van der Waals surface area (Å²) in [6.45, 7) is 5.86. The van der Waals surface area contributed by atoms with Gasteiger partial charge in [-0.25, -0.2) is 4.79 Å². The van der Waals surface area contributed by atoms with Gasteiger partial charge in [0.15, 0.2) is 0 Å². The van der Waals surface area contributed by atoms with E-state index in [-0.39, 0.29) is 10.8 Å². The fourth-order valence-electron chi connectivity index (χ4n) is 2.78. The Balaban J connectivity index is 1.58. The number of nitrogens with one attached hydrogen (secondary N) is 1. The topological polar surface area (TPSA) is 67.2 Å². The zero-order valence-corrected chi connectivity index (χ0v) is 15.5. The number of hydrogen-bond donors (Lipinski definition) is 1. The van der Waals surface area contributed by atoms with Crippen LogP contribution >= 0.6 is 0 Å². The molecule has 1 atom stereocenters. The van der Waals surface area contributed by atoms with Crippen LogP contribution < -0.4 is 5.32 Å². The molecule has 2 amide bonds. The molecule has 25 heavy (non-hydrogen) atoms. The van der Waals surface area contributed by atoms with Crippen molar-refractivity contribution in [1.29, 1.82) is 0 Å². The van der Waals surface area contributed by atoms with Crippen molar-refractivity contribution in [1.82, 2.24) is 14.7 Å². The van der Waals surface area contributed by atoms with Gasteiger partial charge in [0.05, 0.1) is 6.54 Å². The second-order valence-corrected chi connectivity index (χ2v) is 9.08. The summed E-state index contributed by atoms with van der Waals surface area (Å²) < 4.78 is 13.8. The van der Waals surface area contributed by atoms with Crippen molar-refractivity contribution in [3.05, 3.63) is 48.3 Å². The first-order valence-electron chi connectivity index (χ1n) is 8.45. The highest BCUT2D eigenvalue weighted by Gasteiger charge is 2.31. The Morgan fingerprint density at radius 1 is 1.28 bits per heavy atom. The maximum atomic E-state index is 12.5. The minimum absolute atomic E-state index is 0.130. The summed E-state index contributed by atoms with van der Waals surface area (Å²) >= 11 is 0. The van der Waals surface area contributed by atoms with Crippen LogP contribution in [0.1, 0.15) is 25.8 Å². The van der Waals surface area contributed by atoms with Gasteiger partial charge in [0, 0.05) is 52.5 Å². The molecule has 3 rings (SSSR count). The van der Waals surface area contributed by atoms with Crippen LogP contribution in [-0.2, 0) is 17.3 Å². The third kappa shape index (κ3) is 4.48. The number of carbonyl (C=O) groups excluding carboxylic acids is 1. The maximum absolute atomic E-state index is 12.5. The van der Waals surface area contributed by atoms with Crippen LogP contribution in [0.3, 0.4) is 0 Å². The summed E-state index contributed by atoms with van der Waals surface area (Å²) in [7, 11) is -0.901. The Kier molecular flexibility index (Phi) is 5.22. The summed E-state index contributed by atoms with van der Waals surface area (Å²) in [5, 5.41) is 7.12. The molecule has 1 aromatic carbocycles. The molecule has 7 heteroatoms. The number of nitrogens with zero attached hydrogens (tertiary/aromatic N) is 3. The molecule has 134 valence electrons. The van der Waals surface area contributed by atoms with E-state index in [0.717, 1.165) is 17.7 Å². The van der Waals surface area contributed by atoms with Gasteiger partial charge >= 0.3 is 6.03 Å². The third-order valence-corrected chi connectivity index (χ3v) is 6.53. The van der Waals surface area contributed by atoms with E-state index in [2.05, 4.69) is 10.4 Å². The van der Waals surface area contributed by atoms with Gasteiger partial charge in [0.25, 0.3) is 0 Å². The van der Waals surface area contributed by atoms with Gasteiger partial charge in [-0.05, 0) is 44.0 Å². The summed E-state index contributed by atoms with van der Waals surface area (Å²) in [5.74, 6) is 0.531. The van der Waals surface area contributed by atoms with Crippen LogP contribution in [-0.4, -0.2) is 48.5 Å². The van der Waals surface area contributed by atoms with Gasteiger partial charge in [-0.1, -0.05) is 12.1 Å². The SMILES string of the molecule is CC1(C)CCN(C(=O)Nc2ccc(Cn3cccn3)cc2)CCS1=O. The maximum Gasteiger partial charge on any atom is 0.321 e. The van der Waals surface area contributed by atoms with E-state index in [4.69, 9.17) is 0 Å². The van der Waals surface area contributed by atoms with Crippen LogP contribution in [0.15, 0.2) is 42.7 Å². The monoisotopic (exact) mass is 360 g/mol. The molecule has 1 aliphatic rings. The predicted octanol–water partition coefficient (Wildman–Crippen LogP) is 2.70. The highest BCUT2D eigenvalue weighted by molar-refractivity contribution is 7.86. The second-order valence-electron chi connectivity index (χ2n) is 6.88. The molecule has 0 bridgehead atoms. The van der Waals surface area contributed by atoms with Crippen molar-refractivity contribution in [2.45, 2.75) is 31.6 Å². The van der Waals surface area contributed by atoms with Gasteiger partial charge in [-0.2, -0.15) is 5.10 Å². The average Bonchev–Trinajstić information content (AvgIpc) is 3.04. The van der Waals surface area contributed by atoms with Gasteiger partial charge in [-0.3, -0.25) is 8.89 Å².